The highest BCUT2D eigenvalue weighted by atomic mass is 16.5. The topological polar surface area (TPSA) is 67.9 Å². The predicted molar refractivity (Wildman–Crippen MR) is 127 cm³/mol. The van der Waals surface area contributed by atoms with Gasteiger partial charge in [0.1, 0.15) is 0 Å². The molecule has 1 fully saturated rings. The first-order chi connectivity index (χ1) is 15.3. The van der Waals surface area contributed by atoms with Crippen LogP contribution in [0.1, 0.15) is 41.8 Å². The lowest BCUT2D eigenvalue weighted by molar-refractivity contribution is -0.111. The van der Waals surface area contributed by atoms with E-state index in [1.807, 2.05) is 30.0 Å². The molecule has 0 aromatic heterocycles. The number of carbonyl (C=O) groups excluding carboxylic acids is 2. The Morgan fingerprint density at radius 1 is 1.00 bits per heavy atom. The van der Waals surface area contributed by atoms with Crippen LogP contribution < -0.4 is 14.8 Å². The van der Waals surface area contributed by atoms with E-state index in [0.29, 0.717) is 34.6 Å². The summed E-state index contributed by atoms with van der Waals surface area (Å²) >= 11 is 0. The number of ether oxygens (including phenoxy) is 2. The van der Waals surface area contributed by atoms with Gasteiger partial charge in [-0.25, -0.2) is 0 Å². The van der Waals surface area contributed by atoms with Crippen molar-refractivity contribution in [2.24, 2.45) is 11.8 Å². The van der Waals surface area contributed by atoms with E-state index in [0.717, 1.165) is 30.6 Å². The number of likely N-dealkylation sites (tertiary alicyclic amines) is 1. The lowest BCUT2D eigenvalue weighted by Crippen LogP contribution is -2.42. The van der Waals surface area contributed by atoms with E-state index in [-0.39, 0.29) is 11.8 Å². The molecule has 1 saturated heterocycles. The van der Waals surface area contributed by atoms with E-state index in [4.69, 9.17) is 9.47 Å². The minimum absolute atomic E-state index is 0.0137. The number of methoxy groups -OCH3 is 2. The summed E-state index contributed by atoms with van der Waals surface area (Å²) in [5, 5.41) is 2.89. The molecule has 2 amide bonds. The second kappa shape index (κ2) is 10.4. The third-order valence-corrected chi connectivity index (χ3v) is 5.73. The zero-order valence-electron chi connectivity index (χ0n) is 19.5. The Morgan fingerprint density at radius 3 is 2.34 bits per heavy atom. The Balaban J connectivity index is 1.71. The molecule has 3 rings (SSSR count). The van der Waals surface area contributed by atoms with E-state index in [1.54, 1.807) is 38.5 Å². The molecule has 2 atom stereocenters. The van der Waals surface area contributed by atoms with E-state index < -0.39 is 0 Å². The van der Waals surface area contributed by atoms with Crippen LogP contribution in [0.15, 0.2) is 42.5 Å². The Kier molecular flexibility index (Phi) is 7.57. The number of hydrogen-bond acceptors (Lipinski definition) is 4. The fourth-order valence-electron chi connectivity index (χ4n) is 4.20. The maximum Gasteiger partial charge on any atom is 0.253 e. The van der Waals surface area contributed by atoms with Gasteiger partial charge >= 0.3 is 0 Å². The highest BCUT2D eigenvalue weighted by molar-refractivity contribution is 6.03. The first-order valence-electron chi connectivity index (χ1n) is 10.9. The first-order valence-corrected chi connectivity index (χ1v) is 10.9. The maximum absolute atomic E-state index is 13.0. The summed E-state index contributed by atoms with van der Waals surface area (Å²) in [7, 11) is 3.15. The van der Waals surface area contributed by atoms with Crippen LogP contribution in [0.2, 0.25) is 0 Å². The van der Waals surface area contributed by atoms with Crippen LogP contribution in [0.25, 0.3) is 6.08 Å². The molecule has 2 aromatic carbocycles. The van der Waals surface area contributed by atoms with Crippen molar-refractivity contribution in [3.63, 3.8) is 0 Å². The van der Waals surface area contributed by atoms with Crippen LogP contribution in [0.3, 0.4) is 0 Å². The van der Waals surface area contributed by atoms with Crippen LogP contribution in [-0.4, -0.2) is 44.0 Å². The van der Waals surface area contributed by atoms with Crippen LogP contribution in [0, 0.1) is 18.8 Å². The van der Waals surface area contributed by atoms with Crippen molar-refractivity contribution in [3.05, 3.63) is 59.2 Å². The zero-order chi connectivity index (χ0) is 23.3. The Hall–Kier alpha value is -3.28. The second-order valence-corrected chi connectivity index (χ2v) is 8.62. The Bertz CT molecular complexity index is 1000. The van der Waals surface area contributed by atoms with E-state index >= 15 is 0 Å². The third kappa shape index (κ3) is 5.69. The number of anilines is 1. The number of nitrogens with zero attached hydrogens (tertiary/aromatic N) is 1. The molecule has 6 nitrogen and oxygen atoms in total. The average molecular weight is 437 g/mol. The minimum Gasteiger partial charge on any atom is -0.493 e. The molecule has 0 saturated carbocycles. The van der Waals surface area contributed by atoms with Crippen molar-refractivity contribution in [2.45, 2.75) is 27.2 Å². The molecule has 1 heterocycles. The van der Waals surface area contributed by atoms with Crippen molar-refractivity contribution >= 4 is 23.6 Å². The van der Waals surface area contributed by atoms with Crippen molar-refractivity contribution in [1.82, 2.24) is 4.90 Å². The fraction of sp³-hybridized carbons (Fsp3) is 0.385. The minimum atomic E-state index is -0.271. The molecule has 1 aliphatic heterocycles. The van der Waals surface area contributed by atoms with Gasteiger partial charge in [-0.3, -0.25) is 9.59 Å². The molecule has 32 heavy (non-hydrogen) atoms. The number of nitrogens with one attached hydrogen (secondary N) is 1. The molecule has 1 N–H and O–H groups in total. The number of aryl methyl sites for hydroxylation is 1. The molecule has 170 valence electrons. The maximum atomic E-state index is 13.0. The molecule has 0 spiro atoms. The number of hydrogen-bond donors (Lipinski definition) is 1. The van der Waals surface area contributed by atoms with Gasteiger partial charge in [-0.05, 0) is 66.6 Å². The van der Waals surface area contributed by atoms with E-state index in [1.165, 1.54) is 6.08 Å². The molecule has 6 heteroatoms. The monoisotopic (exact) mass is 436 g/mol. The lowest BCUT2D eigenvalue weighted by Gasteiger charge is -2.35. The summed E-state index contributed by atoms with van der Waals surface area (Å²) < 4.78 is 10.5. The van der Waals surface area contributed by atoms with E-state index in [2.05, 4.69) is 19.2 Å². The molecule has 1 aliphatic rings. The number of piperidine rings is 1. The lowest BCUT2D eigenvalue weighted by atomic mass is 9.91. The third-order valence-electron chi connectivity index (χ3n) is 5.73. The summed E-state index contributed by atoms with van der Waals surface area (Å²) in [5.41, 5.74) is 2.94. The molecular weight excluding hydrogens is 404 g/mol. The highest BCUT2D eigenvalue weighted by Gasteiger charge is 2.26. The summed E-state index contributed by atoms with van der Waals surface area (Å²) in [6, 6.07) is 10.9. The summed E-state index contributed by atoms with van der Waals surface area (Å²) in [6.07, 6.45) is 4.31. The molecule has 0 aliphatic carbocycles. The molecular formula is C26H32N2O4. The second-order valence-electron chi connectivity index (χ2n) is 8.62. The quantitative estimate of drug-likeness (QED) is 0.662. The van der Waals surface area contributed by atoms with Gasteiger partial charge in [0, 0.05) is 30.4 Å². The summed E-state index contributed by atoms with van der Waals surface area (Å²) in [5.74, 6) is 1.96. The zero-order valence-corrected chi connectivity index (χ0v) is 19.5. The normalized spacial score (nSPS) is 18.5. The molecule has 0 radical (unpaired) electrons. The largest absolute Gasteiger partial charge is 0.493 e. The van der Waals surface area contributed by atoms with E-state index in [9.17, 15) is 9.59 Å². The SMILES string of the molecule is COc1ccc(C=CC(=O)Nc2cc(C(=O)N3CC(C)CC(C)C3)ccc2C)cc1OC. The van der Waals surface area contributed by atoms with Gasteiger partial charge < -0.3 is 19.7 Å². The number of amides is 2. The van der Waals surface area contributed by atoms with Crippen molar-refractivity contribution in [2.75, 3.05) is 32.6 Å². The van der Waals surface area contributed by atoms with Crippen molar-refractivity contribution in [3.8, 4) is 11.5 Å². The van der Waals surface area contributed by atoms with Gasteiger partial charge in [-0.2, -0.15) is 0 Å². The summed E-state index contributed by atoms with van der Waals surface area (Å²) in [6.45, 7) is 7.81. The van der Waals surface area contributed by atoms with Gasteiger partial charge in [0.15, 0.2) is 11.5 Å². The van der Waals surface area contributed by atoms with Crippen LogP contribution in [-0.2, 0) is 4.79 Å². The Labute approximate surface area is 190 Å². The van der Waals surface area contributed by atoms with Gasteiger partial charge in [0.2, 0.25) is 5.91 Å². The highest BCUT2D eigenvalue weighted by Crippen LogP contribution is 2.28. The molecule has 2 unspecified atom stereocenters. The predicted octanol–water partition coefficient (Wildman–Crippen LogP) is 4.78. The van der Waals surface area contributed by atoms with Crippen molar-refractivity contribution in [1.29, 1.82) is 0 Å². The van der Waals surface area contributed by atoms with Crippen LogP contribution in [0.4, 0.5) is 5.69 Å². The van der Waals surface area contributed by atoms with Crippen LogP contribution >= 0.6 is 0 Å². The van der Waals surface area contributed by atoms with Gasteiger partial charge in [0.05, 0.1) is 14.2 Å². The fourth-order valence-corrected chi connectivity index (χ4v) is 4.20. The number of rotatable bonds is 6. The smallest absolute Gasteiger partial charge is 0.253 e. The van der Waals surface area contributed by atoms with Crippen LogP contribution in [0.5, 0.6) is 11.5 Å². The standard InChI is InChI=1S/C26H32N2O4/c1-17-12-18(2)16-28(15-17)26(30)21-9-6-19(3)22(14-21)27-25(29)11-8-20-7-10-23(31-4)24(13-20)32-5/h6-11,13-14,17-18H,12,15-16H2,1-5H3,(H,27,29). The van der Waals surface area contributed by atoms with Gasteiger partial charge in [-0.15, -0.1) is 0 Å². The average Bonchev–Trinajstić information content (AvgIpc) is 2.77. The first kappa shape index (κ1) is 23.4. The number of benzene rings is 2. The Morgan fingerprint density at radius 2 is 1.69 bits per heavy atom. The summed E-state index contributed by atoms with van der Waals surface area (Å²) in [4.78, 5) is 27.5. The molecule has 2 aromatic rings. The van der Waals surface area contributed by atoms with Crippen molar-refractivity contribution < 1.29 is 19.1 Å². The van der Waals surface area contributed by atoms with Gasteiger partial charge in [-0.1, -0.05) is 26.0 Å². The molecule has 0 bridgehead atoms. The van der Waals surface area contributed by atoms with Gasteiger partial charge in [0.25, 0.3) is 5.91 Å². The number of carbonyl (C=O) groups is 2.